The zero-order chi connectivity index (χ0) is 16.1. The van der Waals surface area contributed by atoms with E-state index in [0.717, 1.165) is 42.6 Å². The van der Waals surface area contributed by atoms with Gasteiger partial charge in [0.15, 0.2) is 11.5 Å². The molecular weight excluding hydrogens is 304 g/mol. The quantitative estimate of drug-likeness (QED) is 0.856. The third-order valence-electron chi connectivity index (χ3n) is 6.12. The van der Waals surface area contributed by atoms with E-state index in [1.54, 1.807) is 0 Å². The molecule has 24 heavy (non-hydrogen) atoms. The molecule has 1 amide bonds. The maximum atomic E-state index is 12.9. The predicted molar refractivity (Wildman–Crippen MR) is 90.4 cm³/mol. The molecule has 0 spiro atoms. The molecule has 1 aromatic carbocycles. The number of hydrogen-bond acceptors (Lipinski definition) is 4. The van der Waals surface area contributed by atoms with E-state index in [4.69, 9.17) is 9.47 Å². The van der Waals surface area contributed by atoms with Gasteiger partial charge in [-0.25, -0.2) is 0 Å². The number of rotatable bonds is 3. The van der Waals surface area contributed by atoms with Gasteiger partial charge in [0.05, 0.1) is 12.1 Å². The molecule has 1 saturated carbocycles. The van der Waals surface area contributed by atoms with Gasteiger partial charge in [-0.15, -0.1) is 0 Å². The van der Waals surface area contributed by atoms with Crippen molar-refractivity contribution in [3.63, 3.8) is 0 Å². The van der Waals surface area contributed by atoms with Crippen molar-refractivity contribution in [3.8, 4) is 11.5 Å². The molecule has 5 rings (SSSR count). The summed E-state index contributed by atoms with van der Waals surface area (Å²) in [4.78, 5) is 17.4. The summed E-state index contributed by atoms with van der Waals surface area (Å²) in [7, 11) is 0. The van der Waals surface area contributed by atoms with Crippen molar-refractivity contribution in [1.82, 2.24) is 4.90 Å². The van der Waals surface area contributed by atoms with E-state index in [9.17, 15) is 4.79 Å². The molecule has 5 nitrogen and oxygen atoms in total. The Labute approximate surface area is 142 Å². The van der Waals surface area contributed by atoms with E-state index in [0.29, 0.717) is 6.04 Å². The maximum Gasteiger partial charge on any atom is 0.244 e. The highest BCUT2D eigenvalue weighted by Gasteiger charge is 2.50. The molecular formula is C19H24N2O3. The molecule has 1 aliphatic carbocycles. The van der Waals surface area contributed by atoms with Gasteiger partial charge in [0.2, 0.25) is 12.7 Å². The summed E-state index contributed by atoms with van der Waals surface area (Å²) in [6.45, 7) is 2.40. The highest BCUT2D eigenvalue weighted by Crippen LogP contribution is 2.41. The number of likely N-dealkylation sites (tertiary alicyclic amines) is 1. The second kappa shape index (κ2) is 5.66. The first-order valence-corrected chi connectivity index (χ1v) is 9.26. The number of anilines is 1. The summed E-state index contributed by atoms with van der Waals surface area (Å²) in [5.41, 5.74) is 0.953. The van der Waals surface area contributed by atoms with E-state index >= 15 is 0 Å². The number of amides is 1. The molecule has 3 fully saturated rings. The van der Waals surface area contributed by atoms with Crippen molar-refractivity contribution in [1.29, 1.82) is 0 Å². The fourth-order valence-corrected chi connectivity index (χ4v) is 4.94. The fourth-order valence-electron chi connectivity index (χ4n) is 4.94. The molecule has 5 heteroatoms. The van der Waals surface area contributed by atoms with Crippen molar-refractivity contribution < 1.29 is 14.3 Å². The van der Waals surface area contributed by atoms with Crippen LogP contribution >= 0.6 is 0 Å². The molecule has 1 aromatic rings. The van der Waals surface area contributed by atoms with E-state index in [2.05, 4.69) is 4.90 Å². The molecule has 128 valence electrons. The molecule has 4 aliphatic rings. The lowest BCUT2D eigenvalue weighted by Gasteiger charge is -2.36. The third kappa shape index (κ3) is 2.29. The number of fused-ring (bicyclic) bond motifs is 3. The van der Waals surface area contributed by atoms with Gasteiger partial charge in [-0.2, -0.15) is 0 Å². The van der Waals surface area contributed by atoms with Gasteiger partial charge in [-0.3, -0.25) is 9.69 Å². The van der Waals surface area contributed by atoms with Gasteiger partial charge in [-0.1, -0.05) is 19.3 Å². The molecule has 3 heterocycles. The summed E-state index contributed by atoms with van der Waals surface area (Å²) >= 11 is 0. The molecule has 2 saturated heterocycles. The monoisotopic (exact) mass is 328 g/mol. The molecule has 0 N–H and O–H groups in total. The highest BCUT2D eigenvalue weighted by atomic mass is 16.7. The van der Waals surface area contributed by atoms with Crippen molar-refractivity contribution in [2.75, 3.05) is 24.8 Å². The third-order valence-corrected chi connectivity index (χ3v) is 6.12. The van der Waals surface area contributed by atoms with Crippen LogP contribution in [0.4, 0.5) is 5.69 Å². The Morgan fingerprint density at radius 1 is 1.08 bits per heavy atom. The van der Waals surface area contributed by atoms with Crippen LogP contribution in [0.1, 0.15) is 38.5 Å². The average Bonchev–Trinajstić information content (AvgIpc) is 3.29. The lowest BCUT2D eigenvalue weighted by molar-refractivity contribution is -0.122. The van der Waals surface area contributed by atoms with Crippen LogP contribution in [0.3, 0.4) is 0 Å². The first kappa shape index (κ1) is 14.6. The minimum absolute atomic E-state index is 0.0855. The SMILES string of the molecule is O=C1[C@@H]2C[C@@H](CN2CC2CCCCC2)N1c1ccc2c(c1)OCO2. The van der Waals surface area contributed by atoms with Crippen LogP contribution in [0.2, 0.25) is 0 Å². The fraction of sp³-hybridized carbons (Fsp3) is 0.632. The van der Waals surface area contributed by atoms with Crippen LogP contribution in [-0.4, -0.2) is 42.8 Å². The maximum absolute atomic E-state index is 12.9. The number of hydrogen-bond donors (Lipinski definition) is 0. The minimum Gasteiger partial charge on any atom is -0.454 e. The van der Waals surface area contributed by atoms with Gasteiger partial charge in [-0.05, 0) is 37.3 Å². The van der Waals surface area contributed by atoms with Crippen molar-refractivity contribution in [2.24, 2.45) is 5.92 Å². The molecule has 2 atom stereocenters. The van der Waals surface area contributed by atoms with Gasteiger partial charge >= 0.3 is 0 Å². The molecule has 3 aliphatic heterocycles. The zero-order valence-electron chi connectivity index (χ0n) is 13.9. The standard InChI is InChI=1S/C19H24N2O3/c22-19-16-8-15(11-20(16)10-13-4-2-1-3-5-13)21(19)14-6-7-17-18(9-14)24-12-23-17/h6-7,9,13,15-16H,1-5,8,10-12H2/t15-,16-/m0/s1. The van der Waals surface area contributed by atoms with Gasteiger partial charge < -0.3 is 14.4 Å². The molecule has 0 radical (unpaired) electrons. The summed E-state index contributed by atoms with van der Waals surface area (Å²) in [5.74, 6) is 2.59. The topological polar surface area (TPSA) is 42.0 Å². The smallest absolute Gasteiger partial charge is 0.244 e. The van der Waals surface area contributed by atoms with Crippen LogP contribution in [-0.2, 0) is 4.79 Å². The Morgan fingerprint density at radius 2 is 1.92 bits per heavy atom. The largest absolute Gasteiger partial charge is 0.454 e. The summed E-state index contributed by atoms with van der Waals surface area (Å²) in [5, 5.41) is 0. The van der Waals surface area contributed by atoms with Crippen LogP contribution in [0.25, 0.3) is 0 Å². The van der Waals surface area contributed by atoms with Crippen molar-refractivity contribution >= 4 is 11.6 Å². The van der Waals surface area contributed by atoms with Gasteiger partial charge in [0.1, 0.15) is 0 Å². The normalized spacial score (nSPS) is 29.7. The predicted octanol–water partition coefficient (Wildman–Crippen LogP) is 2.79. The van der Waals surface area contributed by atoms with Gasteiger partial charge in [0.25, 0.3) is 0 Å². The van der Waals surface area contributed by atoms with Crippen LogP contribution in [0, 0.1) is 5.92 Å². The lowest BCUT2D eigenvalue weighted by atomic mass is 9.89. The Kier molecular flexibility index (Phi) is 3.44. The Balaban J connectivity index is 1.31. The number of piperazine rings is 1. The number of carbonyl (C=O) groups excluding carboxylic acids is 1. The van der Waals surface area contributed by atoms with E-state index in [-0.39, 0.29) is 18.7 Å². The lowest BCUT2D eigenvalue weighted by Crippen LogP contribution is -2.51. The summed E-state index contributed by atoms with van der Waals surface area (Å²) in [6, 6.07) is 6.24. The Hall–Kier alpha value is -1.75. The summed E-state index contributed by atoms with van der Waals surface area (Å²) in [6.07, 6.45) is 7.77. The van der Waals surface area contributed by atoms with E-state index < -0.39 is 0 Å². The highest BCUT2D eigenvalue weighted by molar-refractivity contribution is 6.01. The Bertz CT molecular complexity index is 656. The average molecular weight is 328 g/mol. The number of carbonyl (C=O) groups is 1. The van der Waals surface area contributed by atoms with Crippen molar-refractivity contribution in [2.45, 2.75) is 50.6 Å². The minimum atomic E-state index is 0.0855. The number of nitrogens with zero attached hydrogens (tertiary/aromatic N) is 2. The first-order valence-electron chi connectivity index (χ1n) is 9.26. The first-order chi connectivity index (χ1) is 11.8. The second-order valence-corrected chi connectivity index (χ2v) is 7.61. The molecule has 0 unspecified atom stereocenters. The van der Waals surface area contributed by atoms with E-state index in [1.807, 2.05) is 23.1 Å². The summed E-state index contributed by atoms with van der Waals surface area (Å²) < 4.78 is 10.8. The molecule has 0 aromatic heterocycles. The van der Waals surface area contributed by atoms with Crippen LogP contribution < -0.4 is 14.4 Å². The van der Waals surface area contributed by atoms with Crippen LogP contribution in [0.5, 0.6) is 11.5 Å². The Morgan fingerprint density at radius 3 is 2.75 bits per heavy atom. The zero-order valence-corrected chi connectivity index (χ0v) is 13.9. The van der Waals surface area contributed by atoms with E-state index in [1.165, 1.54) is 32.1 Å². The molecule has 2 bridgehead atoms. The second-order valence-electron chi connectivity index (χ2n) is 7.61. The van der Waals surface area contributed by atoms with Crippen LogP contribution in [0.15, 0.2) is 18.2 Å². The number of benzene rings is 1. The van der Waals surface area contributed by atoms with Crippen molar-refractivity contribution in [3.05, 3.63) is 18.2 Å². The van der Waals surface area contributed by atoms with Gasteiger partial charge in [0, 0.05) is 24.8 Å². The number of ether oxygens (including phenoxy) is 2.